The van der Waals surface area contributed by atoms with Crippen LogP contribution >= 0.6 is 11.8 Å². The Labute approximate surface area is 164 Å². The smallest absolute Gasteiger partial charge is 0.336 e. The van der Waals surface area contributed by atoms with Gasteiger partial charge in [0, 0.05) is 29.8 Å². The van der Waals surface area contributed by atoms with Crippen LogP contribution in [0.3, 0.4) is 0 Å². The zero-order chi connectivity index (χ0) is 19.7. The van der Waals surface area contributed by atoms with Gasteiger partial charge >= 0.3 is 5.63 Å². The SMILES string of the molecule is CCCn1c(SCc2cc(=O)oc3cc(O)ccc23)nc2ccccc2c1=O. The predicted octanol–water partition coefficient (Wildman–Crippen LogP) is 3.91. The Morgan fingerprint density at radius 2 is 1.93 bits per heavy atom. The number of nitrogens with zero attached hydrogens (tertiary/aromatic N) is 2. The van der Waals surface area contributed by atoms with Crippen LogP contribution in [-0.2, 0) is 12.3 Å². The van der Waals surface area contributed by atoms with Gasteiger partial charge in [-0.3, -0.25) is 9.36 Å². The van der Waals surface area contributed by atoms with Crippen molar-refractivity contribution in [2.75, 3.05) is 0 Å². The molecule has 0 bridgehead atoms. The number of thioether (sulfide) groups is 1. The van der Waals surface area contributed by atoms with Crippen molar-refractivity contribution >= 4 is 33.6 Å². The second kappa shape index (κ2) is 7.52. The van der Waals surface area contributed by atoms with Crippen LogP contribution in [0.4, 0.5) is 0 Å². The van der Waals surface area contributed by atoms with E-state index < -0.39 is 5.63 Å². The van der Waals surface area contributed by atoms with Gasteiger partial charge in [0.05, 0.1) is 10.9 Å². The standard InChI is InChI=1S/C21H18N2O4S/c1-2-9-23-20(26)16-5-3-4-6-17(16)22-21(23)28-12-13-10-19(25)27-18-11-14(24)7-8-15(13)18/h3-8,10-11,24H,2,9,12H2,1H3. The lowest BCUT2D eigenvalue weighted by molar-refractivity contribution is 0.473. The minimum Gasteiger partial charge on any atom is -0.508 e. The number of fused-ring (bicyclic) bond motifs is 2. The Morgan fingerprint density at radius 1 is 1.11 bits per heavy atom. The summed E-state index contributed by atoms with van der Waals surface area (Å²) in [5.41, 5.74) is 1.22. The molecule has 2 aromatic carbocycles. The fraction of sp³-hybridized carbons (Fsp3) is 0.190. The highest BCUT2D eigenvalue weighted by molar-refractivity contribution is 7.98. The van der Waals surface area contributed by atoms with Crippen molar-refractivity contribution in [3.63, 3.8) is 0 Å². The molecule has 0 unspecified atom stereocenters. The van der Waals surface area contributed by atoms with Gasteiger partial charge in [-0.05, 0) is 36.2 Å². The summed E-state index contributed by atoms with van der Waals surface area (Å²) in [6, 6.07) is 13.4. The molecule has 1 N–H and O–H groups in total. The molecule has 0 saturated heterocycles. The number of para-hydroxylation sites is 1. The molecular formula is C21H18N2O4S. The van der Waals surface area contributed by atoms with Gasteiger partial charge in [0.25, 0.3) is 5.56 Å². The lowest BCUT2D eigenvalue weighted by atomic mass is 10.1. The summed E-state index contributed by atoms with van der Waals surface area (Å²) in [5.74, 6) is 0.481. The highest BCUT2D eigenvalue weighted by atomic mass is 32.2. The summed E-state index contributed by atoms with van der Waals surface area (Å²) in [5, 5.41) is 11.6. The molecule has 28 heavy (non-hydrogen) atoms. The zero-order valence-corrected chi connectivity index (χ0v) is 16.0. The second-order valence-corrected chi connectivity index (χ2v) is 7.37. The normalized spacial score (nSPS) is 11.3. The molecular weight excluding hydrogens is 376 g/mol. The van der Waals surface area contributed by atoms with Crippen LogP contribution in [0, 0.1) is 0 Å². The van der Waals surface area contributed by atoms with Crippen molar-refractivity contribution in [3.05, 3.63) is 74.9 Å². The molecule has 142 valence electrons. The molecule has 0 saturated carbocycles. The Bertz CT molecular complexity index is 1290. The topological polar surface area (TPSA) is 85.3 Å². The number of phenolic OH excluding ortho intramolecular Hbond substituents is 1. The van der Waals surface area contributed by atoms with E-state index in [1.54, 1.807) is 22.8 Å². The van der Waals surface area contributed by atoms with Crippen LogP contribution in [0.1, 0.15) is 18.9 Å². The van der Waals surface area contributed by atoms with E-state index >= 15 is 0 Å². The van der Waals surface area contributed by atoms with Gasteiger partial charge in [-0.15, -0.1) is 0 Å². The van der Waals surface area contributed by atoms with E-state index in [4.69, 9.17) is 4.42 Å². The molecule has 0 amide bonds. The van der Waals surface area contributed by atoms with Gasteiger partial charge in [-0.1, -0.05) is 30.8 Å². The summed E-state index contributed by atoms with van der Waals surface area (Å²) < 4.78 is 6.87. The molecule has 0 aliphatic carbocycles. The van der Waals surface area contributed by atoms with Crippen LogP contribution in [0.25, 0.3) is 21.9 Å². The molecule has 0 radical (unpaired) electrons. The summed E-state index contributed by atoms with van der Waals surface area (Å²) in [6.45, 7) is 2.59. The Balaban J connectivity index is 1.77. The van der Waals surface area contributed by atoms with Crippen molar-refractivity contribution in [1.29, 1.82) is 0 Å². The number of hydrogen-bond acceptors (Lipinski definition) is 6. The summed E-state index contributed by atoms with van der Waals surface area (Å²) in [4.78, 5) is 29.4. The average molecular weight is 394 g/mol. The monoisotopic (exact) mass is 394 g/mol. The van der Waals surface area contributed by atoms with Gasteiger partial charge in [0.2, 0.25) is 0 Å². The fourth-order valence-electron chi connectivity index (χ4n) is 3.16. The molecule has 0 aliphatic heterocycles. The van der Waals surface area contributed by atoms with Crippen LogP contribution in [-0.4, -0.2) is 14.7 Å². The van der Waals surface area contributed by atoms with Gasteiger partial charge in [0.1, 0.15) is 11.3 Å². The van der Waals surface area contributed by atoms with E-state index in [0.29, 0.717) is 33.9 Å². The number of rotatable bonds is 5. The number of phenols is 1. The zero-order valence-electron chi connectivity index (χ0n) is 15.2. The van der Waals surface area contributed by atoms with Gasteiger partial charge in [0.15, 0.2) is 5.16 Å². The highest BCUT2D eigenvalue weighted by Crippen LogP contribution is 2.27. The van der Waals surface area contributed by atoms with Crippen LogP contribution in [0.5, 0.6) is 5.75 Å². The maximum absolute atomic E-state index is 12.9. The van der Waals surface area contributed by atoms with Crippen molar-refractivity contribution in [3.8, 4) is 5.75 Å². The van der Waals surface area contributed by atoms with Crippen LogP contribution in [0.2, 0.25) is 0 Å². The van der Waals surface area contributed by atoms with Gasteiger partial charge in [-0.2, -0.15) is 0 Å². The number of benzene rings is 2. The van der Waals surface area contributed by atoms with Crippen molar-refractivity contribution < 1.29 is 9.52 Å². The first-order valence-electron chi connectivity index (χ1n) is 8.95. The van der Waals surface area contributed by atoms with Crippen molar-refractivity contribution in [2.24, 2.45) is 0 Å². The third-order valence-corrected chi connectivity index (χ3v) is 5.47. The third-order valence-electron chi connectivity index (χ3n) is 4.44. The average Bonchev–Trinajstić information content (AvgIpc) is 2.68. The fourth-order valence-corrected chi connectivity index (χ4v) is 4.18. The number of hydrogen-bond donors (Lipinski definition) is 1. The van der Waals surface area contributed by atoms with E-state index in [2.05, 4.69) is 4.98 Å². The molecule has 4 aromatic rings. The molecule has 6 nitrogen and oxygen atoms in total. The van der Waals surface area contributed by atoms with Crippen molar-refractivity contribution in [1.82, 2.24) is 9.55 Å². The van der Waals surface area contributed by atoms with Crippen molar-refractivity contribution in [2.45, 2.75) is 30.8 Å². The Hall–Kier alpha value is -3.06. The Kier molecular flexibility index (Phi) is 4.92. The molecule has 0 spiro atoms. The largest absolute Gasteiger partial charge is 0.508 e. The molecule has 0 aliphatic rings. The molecule has 0 atom stereocenters. The van der Waals surface area contributed by atoms with E-state index in [1.165, 1.54) is 23.9 Å². The minimum atomic E-state index is -0.480. The molecule has 7 heteroatoms. The van der Waals surface area contributed by atoms with Gasteiger partial charge in [-0.25, -0.2) is 9.78 Å². The first kappa shape index (κ1) is 18.3. The summed E-state index contributed by atoms with van der Waals surface area (Å²) in [6.07, 6.45) is 0.810. The molecule has 2 aromatic heterocycles. The van der Waals surface area contributed by atoms with E-state index in [1.807, 2.05) is 25.1 Å². The maximum Gasteiger partial charge on any atom is 0.336 e. The quantitative estimate of drug-likeness (QED) is 0.314. The maximum atomic E-state index is 12.9. The summed E-state index contributed by atoms with van der Waals surface area (Å²) >= 11 is 1.41. The highest BCUT2D eigenvalue weighted by Gasteiger charge is 2.13. The Morgan fingerprint density at radius 3 is 2.75 bits per heavy atom. The second-order valence-electron chi connectivity index (χ2n) is 6.43. The van der Waals surface area contributed by atoms with E-state index in [0.717, 1.165) is 17.4 Å². The van der Waals surface area contributed by atoms with E-state index in [-0.39, 0.29) is 11.3 Å². The lowest BCUT2D eigenvalue weighted by Crippen LogP contribution is -2.23. The first-order valence-corrected chi connectivity index (χ1v) is 9.93. The van der Waals surface area contributed by atoms with Gasteiger partial charge < -0.3 is 9.52 Å². The molecule has 2 heterocycles. The minimum absolute atomic E-state index is 0.0356. The predicted molar refractivity (Wildman–Crippen MR) is 110 cm³/mol. The lowest BCUT2D eigenvalue weighted by Gasteiger charge is -2.12. The van der Waals surface area contributed by atoms with E-state index in [9.17, 15) is 14.7 Å². The number of aromatic hydroxyl groups is 1. The first-order chi connectivity index (χ1) is 13.6. The molecule has 4 rings (SSSR count). The molecule has 0 fully saturated rings. The number of aromatic nitrogens is 2. The summed E-state index contributed by atoms with van der Waals surface area (Å²) in [7, 11) is 0. The van der Waals surface area contributed by atoms with Crippen LogP contribution in [0.15, 0.2) is 67.7 Å². The van der Waals surface area contributed by atoms with Crippen LogP contribution < -0.4 is 11.2 Å². The third kappa shape index (κ3) is 3.41.